The zero-order valence-electron chi connectivity index (χ0n) is 12.6. The Hall–Kier alpha value is -0.770. The molecule has 0 saturated carbocycles. The van der Waals surface area contributed by atoms with Crippen LogP contribution in [-0.4, -0.2) is 41.8 Å². The Bertz CT molecular complexity index is 306. The number of amides is 1. The number of rotatable bonds is 3. The standard InChI is InChI=1S/C15H28N2O2/c1-15(2,3)19-14(18)17-11-9-13(17)8-7-12-6-4-5-10-16-12/h12-13,16H,4-11H2,1-3H3. The van der Waals surface area contributed by atoms with Crippen LogP contribution >= 0.6 is 0 Å². The van der Waals surface area contributed by atoms with Crippen LogP contribution in [0.15, 0.2) is 0 Å². The maximum atomic E-state index is 12.0. The highest BCUT2D eigenvalue weighted by Crippen LogP contribution is 2.26. The monoisotopic (exact) mass is 268 g/mol. The maximum Gasteiger partial charge on any atom is 0.410 e. The lowest BCUT2D eigenvalue weighted by molar-refractivity contribution is -0.00753. The molecular formula is C15H28N2O2. The minimum atomic E-state index is -0.387. The zero-order chi connectivity index (χ0) is 13.9. The van der Waals surface area contributed by atoms with Crippen LogP contribution in [0.1, 0.15) is 59.3 Å². The first kappa shape index (κ1) is 14.6. The number of likely N-dealkylation sites (tertiary alicyclic amines) is 1. The fourth-order valence-corrected chi connectivity index (χ4v) is 2.87. The molecule has 19 heavy (non-hydrogen) atoms. The number of nitrogens with one attached hydrogen (secondary N) is 1. The van der Waals surface area contributed by atoms with Gasteiger partial charge >= 0.3 is 6.09 Å². The smallest absolute Gasteiger partial charge is 0.410 e. The van der Waals surface area contributed by atoms with Gasteiger partial charge in [0.05, 0.1) is 0 Å². The molecule has 2 aliphatic rings. The van der Waals surface area contributed by atoms with Crippen LogP contribution in [0, 0.1) is 0 Å². The van der Waals surface area contributed by atoms with E-state index < -0.39 is 0 Å². The highest BCUT2D eigenvalue weighted by Gasteiger charge is 2.35. The van der Waals surface area contributed by atoms with Crippen molar-refractivity contribution >= 4 is 6.09 Å². The topological polar surface area (TPSA) is 41.6 Å². The third kappa shape index (κ3) is 4.37. The van der Waals surface area contributed by atoms with Gasteiger partial charge in [-0.3, -0.25) is 0 Å². The number of carbonyl (C=O) groups is 1. The van der Waals surface area contributed by atoms with Gasteiger partial charge in [0.25, 0.3) is 0 Å². The molecule has 2 saturated heterocycles. The molecule has 0 aromatic carbocycles. The van der Waals surface area contributed by atoms with Gasteiger partial charge in [-0.25, -0.2) is 4.79 Å². The number of nitrogens with zero attached hydrogens (tertiary/aromatic N) is 1. The summed E-state index contributed by atoms with van der Waals surface area (Å²) in [6.45, 7) is 7.78. The van der Waals surface area contributed by atoms with Gasteiger partial charge in [-0.05, 0) is 59.4 Å². The lowest BCUT2D eigenvalue weighted by Crippen LogP contribution is -2.53. The number of ether oxygens (including phenoxy) is 1. The third-order valence-corrected chi connectivity index (χ3v) is 4.03. The van der Waals surface area contributed by atoms with E-state index >= 15 is 0 Å². The fraction of sp³-hybridized carbons (Fsp3) is 0.933. The first-order valence-electron chi connectivity index (χ1n) is 7.69. The summed E-state index contributed by atoms with van der Waals surface area (Å²) in [5, 5.41) is 3.57. The van der Waals surface area contributed by atoms with Gasteiger partial charge in [-0.15, -0.1) is 0 Å². The van der Waals surface area contributed by atoms with Gasteiger partial charge in [-0.2, -0.15) is 0 Å². The highest BCUT2D eigenvalue weighted by molar-refractivity contribution is 5.69. The van der Waals surface area contributed by atoms with Gasteiger partial charge in [0.2, 0.25) is 0 Å². The largest absolute Gasteiger partial charge is 0.444 e. The van der Waals surface area contributed by atoms with Crippen molar-refractivity contribution in [2.24, 2.45) is 0 Å². The van der Waals surface area contributed by atoms with Crippen molar-refractivity contribution in [3.63, 3.8) is 0 Å². The molecule has 2 atom stereocenters. The van der Waals surface area contributed by atoms with Gasteiger partial charge < -0.3 is 15.0 Å². The maximum absolute atomic E-state index is 12.0. The number of piperidine rings is 1. The molecule has 0 radical (unpaired) electrons. The van der Waals surface area contributed by atoms with E-state index in [1.165, 1.54) is 25.7 Å². The van der Waals surface area contributed by atoms with Crippen LogP contribution in [0.25, 0.3) is 0 Å². The average molecular weight is 268 g/mol. The fourth-order valence-electron chi connectivity index (χ4n) is 2.87. The number of hydrogen-bond acceptors (Lipinski definition) is 3. The third-order valence-electron chi connectivity index (χ3n) is 4.03. The molecule has 0 aromatic rings. The van der Waals surface area contributed by atoms with E-state index in [9.17, 15) is 4.79 Å². The molecule has 1 N–H and O–H groups in total. The van der Waals surface area contributed by atoms with E-state index in [4.69, 9.17) is 4.74 Å². The second kappa shape index (κ2) is 6.12. The Labute approximate surface area is 116 Å². The van der Waals surface area contributed by atoms with Crippen LogP contribution < -0.4 is 5.32 Å². The Morgan fingerprint density at radius 2 is 2.05 bits per heavy atom. The molecule has 2 unspecified atom stereocenters. The molecule has 1 amide bonds. The van der Waals surface area contributed by atoms with Crippen LogP contribution in [0.5, 0.6) is 0 Å². The van der Waals surface area contributed by atoms with Crippen molar-refractivity contribution in [2.45, 2.75) is 77.0 Å². The zero-order valence-corrected chi connectivity index (χ0v) is 12.6. The highest BCUT2D eigenvalue weighted by atomic mass is 16.6. The molecule has 2 fully saturated rings. The Balaban J connectivity index is 1.71. The lowest BCUT2D eigenvalue weighted by atomic mass is 9.93. The summed E-state index contributed by atoms with van der Waals surface area (Å²) in [4.78, 5) is 13.9. The first-order valence-corrected chi connectivity index (χ1v) is 7.69. The molecule has 2 heterocycles. The van der Waals surface area contributed by atoms with Crippen molar-refractivity contribution in [1.29, 1.82) is 0 Å². The minimum absolute atomic E-state index is 0.139. The molecule has 0 aliphatic carbocycles. The van der Waals surface area contributed by atoms with E-state index in [2.05, 4.69) is 5.32 Å². The summed E-state index contributed by atoms with van der Waals surface area (Å²) in [6.07, 6.45) is 7.23. The quantitative estimate of drug-likeness (QED) is 0.855. The summed E-state index contributed by atoms with van der Waals surface area (Å²) in [7, 11) is 0. The van der Waals surface area contributed by atoms with Crippen molar-refractivity contribution in [3.05, 3.63) is 0 Å². The van der Waals surface area contributed by atoms with Gasteiger partial charge in [0, 0.05) is 18.6 Å². The molecule has 4 heteroatoms. The summed E-state index contributed by atoms with van der Waals surface area (Å²) in [5.74, 6) is 0. The summed E-state index contributed by atoms with van der Waals surface area (Å²) >= 11 is 0. The normalized spacial score (nSPS) is 27.8. The molecule has 2 aliphatic heterocycles. The van der Waals surface area contributed by atoms with Crippen LogP contribution in [-0.2, 0) is 4.74 Å². The van der Waals surface area contributed by atoms with Crippen molar-refractivity contribution in [2.75, 3.05) is 13.1 Å². The summed E-state index contributed by atoms with van der Waals surface area (Å²) < 4.78 is 5.44. The summed E-state index contributed by atoms with van der Waals surface area (Å²) in [5.41, 5.74) is -0.387. The minimum Gasteiger partial charge on any atom is -0.444 e. The molecule has 0 aromatic heterocycles. The molecule has 2 rings (SSSR count). The second-order valence-corrected chi connectivity index (χ2v) is 6.84. The SMILES string of the molecule is CC(C)(C)OC(=O)N1CCC1CCC1CCCCN1. The van der Waals surface area contributed by atoms with E-state index in [-0.39, 0.29) is 11.7 Å². The Kier molecular flexibility index (Phi) is 4.71. The van der Waals surface area contributed by atoms with E-state index in [0.29, 0.717) is 12.1 Å². The van der Waals surface area contributed by atoms with Crippen LogP contribution in [0.4, 0.5) is 4.79 Å². The van der Waals surface area contributed by atoms with Gasteiger partial charge in [0.1, 0.15) is 5.60 Å². The molecule has 0 bridgehead atoms. The molecule has 4 nitrogen and oxygen atoms in total. The van der Waals surface area contributed by atoms with E-state index in [1.807, 2.05) is 25.7 Å². The molecule has 110 valence electrons. The Morgan fingerprint density at radius 1 is 1.26 bits per heavy atom. The number of carbonyl (C=O) groups excluding carboxylic acids is 1. The van der Waals surface area contributed by atoms with Crippen LogP contribution in [0.3, 0.4) is 0 Å². The van der Waals surface area contributed by atoms with Gasteiger partial charge in [-0.1, -0.05) is 6.42 Å². The van der Waals surface area contributed by atoms with Crippen molar-refractivity contribution in [1.82, 2.24) is 10.2 Å². The summed E-state index contributed by atoms with van der Waals surface area (Å²) in [6, 6.07) is 1.06. The van der Waals surface area contributed by atoms with E-state index in [0.717, 1.165) is 25.9 Å². The van der Waals surface area contributed by atoms with Crippen molar-refractivity contribution < 1.29 is 9.53 Å². The van der Waals surface area contributed by atoms with Crippen LogP contribution in [0.2, 0.25) is 0 Å². The predicted molar refractivity (Wildman–Crippen MR) is 76.2 cm³/mol. The first-order chi connectivity index (χ1) is 8.96. The predicted octanol–water partition coefficient (Wildman–Crippen LogP) is 2.92. The second-order valence-electron chi connectivity index (χ2n) is 6.84. The number of hydrogen-bond donors (Lipinski definition) is 1. The molecular weight excluding hydrogens is 240 g/mol. The molecule has 0 spiro atoms. The van der Waals surface area contributed by atoms with E-state index in [1.54, 1.807) is 0 Å². The average Bonchev–Trinajstić information content (AvgIpc) is 2.26. The van der Waals surface area contributed by atoms with Gasteiger partial charge in [0.15, 0.2) is 0 Å². The lowest BCUT2D eigenvalue weighted by Gasteiger charge is -2.42. The Morgan fingerprint density at radius 3 is 2.58 bits per heavy atom. The van der Waals surface area contributed by atoms with Crippen molar-refractivity contribution in [3.8, 4) is 0 Å².